The molecular weight excluding hydrogens is 238 g/mol. The van der Waals surface area contributed by atoms with Gasteiger partial charge in [0.05, 0.1) is 9.85 Å². The van der Waals surface area contributed by atoms with Crippen LogP contribution >= 0.6 is 0 Å². The van der Waals surface area contributed by atoms with Crippen LogP contribution in [-0.4, -0.2) is 16.4 Å². The standard InChI is InChI=1S/C11H15N3O4/c1-7(2)6-12-11-9(13(15)16)4-8(3)5-10(11)14(17)18/h4-5,7,12H,6H2,1-3H3. The fraction of sp³-hybridized carbons (Fsp3) is 0.455. The first-order chi connectivity index (χ1) is 8.32. The molecule has 0 aliphatic heterocycles. The van der Waals surface area contributed by atoms with Crippen molar-refractivity contribution in [3.05, 3.63) is 37.9 Å². The molecule has 0 atom stereocenters. The molecule has 1 aromatic carbocycles. The largest absolute Gasteiger partial charge is 0.374 e. The molecule has 0 spiro atoms. The van der Waals surface area contributed by atoms with Crippen molar-refractivity contribution in [1.29, 1.82) is 0 Å². The zero-order valence-electron chi connectivity index (χ0n) is 10.5. The molecule has 0 fully saturated rings. The van der Waals surface area contributed by atoms with Gasteiger partial charge >= 0.3 is 0 Å². The van der Waals surface area contributed by atoms with E-state index in [9.17, 15) is 20.2 Å². The summed E-state index contributed by atoms with van der Waals surface area (Å²) >= 11 is 0. The second kappa shape index (κ2) is 5.44. The maximum atomic E-state index is 10.9. The van der Waals surface area contributed by atoms with Crippen molar-refractivity contribution >= 4 is 17.1 Å². The van der Waals surface area contributed by atoms with Crippen molar-refractivity contribution in [3.8, 4) is 0 Å². The summed E-state index contributed by atoms with van der Waals surface area (Å²) in [6.45, 7) is 5.86. The zero-order chi connectivity index (χ0) is 13.9. The average Bonchev–Trinajstić information content (AvgIpc) is 2.25. The summed E-state index contributed by atoms with van der Waals surface area (Å²) in [6.07, 6.45) is 0. The Hall–Kier alpha value is -2.18. The Morgan fingerprint density at radius 3 is 1.94 bits per heavy atom. The minimum Gasteiger partial charge on any atom is -0.374 e. The highest BCUT2D eigenvalue weighted by molar-refractivity contribution is 5.74. The summed E-state index contributed by atoms with van der Waals surface area (Å²) in [5.74, 6) is 0.227. The van der Waals surface area contributed by atoms with Gasteiger partial charge in [-0.05, 0) is 18.4 Å². The lowest BCUT2D eigenvalue weighted by atomic mass is 10.1. The van der Waals surface area contributed by atoms with Gasteiger partial charge in [0.2, 0.25) is 0 Å². The molecule has 1 N–H and O–H groups in total. The maximum absolute atomic E-state index is 10.9. The van der Waals surface area contributed by atoms with Crippen LogP contribution in [0.25, 0.3) is 0 Å². The highest BCUT2D eigenvalue weighted by Gasteiger charge is 2.25. The number of hydrogen-bond acceptors (Lipinski definition) is 5. The van der Waals surface area contributed by atoms with Crippen LogP contribution in [0.2, 0.25) is 0 Å². The van der Waals surface area contributed by atoms with Gasteiger partial charge in [0, 0.05) is 18.7 Å². The third-order valence-corrected chi connectivity index (χ3v) is 2.32. The molecule has 0 saturated heterocycles. The van der Waals surface area contributed by atoms with Crippen molar-refractivity contribution in [2.24, 2.45) is 5.92 Å². The Morgan fingerprint density at radius 2 is 1.61 bits per heavy atom. The van der Waals surface area contributed by atoms with E-state index in [1.165, 1.54) is 12.1 Å². The fourth-order valence-electron chi connectivity index (χ4n) is 1.52. The fourth-order valence-corrected chi connectivity index (χ4v) is 1.52. The minimum absolute atomic E-state index is 0.0238. The molecule has 0 amide bonds. The van der Waals surface area contributed by atoms with Gasteiger partial charge < -0.3 is 5.32 Å². The smallest absolute Gasteiger partial charge is 0.299 e. The van der Waals surface area contributed by atoms with Crippen LogP contribution in [0.5, 0.6) is 0 Å². The molecule has 7 nitrogen and oxygen atoms in total. The second-order valence-electron chi connectivity index (χ2n) is 4.47. The predicted molar refractivity (Wildman–Crippen MR) is 67.8 cm³/mol. The van der Waals surface area contributed by atoms with Crippen molar-refractivity contribution in [1.82, 2.24) is 0 Å². The van der Waals surface area contributed by atoms with Crippen LogP contribution in [0.1, 0.15) is 19.4 Å². The second-order valence-corrected chi connectivity index (χ2v) is 4.47. The topological polar surface area (TPSA) is 98.3 Å². The molecule has 0 aliphatic carbocycles. The number of nitrogens with zero attached hydrogens (tertiary/aromatic N) is 2. The van der Waals surface area contributed by atoms with Crippen LogP contribution in [0.15, 0.2) is 12.1 Å². The van der Waals surface area contributed by atoms with E-state index in [0.717, 1.165) is 0 Å². The van der Waals surface area contributed by atoms with Crippen LogP contribution in [0, 0.1) is 33.1 Å². The van der Waals surface area contributed by atoms with Crippen LogP contribution in [0.3, 0.4) is 0 Å². The van der Waals surface area contributed by atoms with Crippen LogP contribution < -0.4 is 5.32 Å². The Bertz CT molecular complexity index is 450. The van der Waals surface area contributed by atoms with Gasteiger partial charge in [0.25, 0.3) is 11.4 Å². The van der Waals surface area contributed by atoms with Gasteiger partial charge in [-0.2, -0.15) is 0 Å². The normalized spacial score (nSPS) is 10.4. The highest BCUT2D eigenvalue weighted by atomic mass is 16.6. The molecule has 0 aliphatic rings. The Balaban J connectivity index is 3.31. The van der Waals surface area contributed by atoms with E-state index in [4.69, 9.17) is 0 Å². The maximum Gasteiger partial charge on any atom is 0.299 e. The van der Waals surface area contributed by atoms with Crippen molar-refractivity contribution in [3.63, 3.8) is 0 Å². The van der Waals surface area contributed by atoms with Gasteiger partial charge in [-0.1, -0.05) is 13.8 Å². The number of nitro benzene ring substituents is 2. The first kappa shape index (κ1) is 13.9. The number of nitrogens with one attached hydrogen (secondary N) is 1. The van der Waals surface area contributed by atoms with Crippen molar-refractivity contribution in [2.75, 3.05) is 11.9 Å². The number of rotatable bonds is 5. The first-order valence-corrected chi connectivity index (χ1v) is 5.50. The Kier molecular flexibility index (Phi) is 4.19. The summed E-state index contributed by atoms with van der Waals surface area (Å²) in [7, 11) is 0. The monoisotopic (exact) mass is 253 g/mol. The van der Waals surface area contributed by atoms with Crippen LogP contribution in [-0.2, 0) is 0 Å². The molecule has 0 radical (unpaired) electrons. The lowest BCUT2D eigenvalue weighted by Crippen LogP contribution is -2.11. The van der Waals surface area contributed by atoms with Gasteiger partial charge in [0.1, 0.15) is 0 Å². The molecule has 18 heavy (non-hydrogen) atoms. The SMILES string of the molecule is Cc1cc([N+](=O)[O-])c(NCC(C)C)c([N+](=O)[O-])c1. The minimum atomic E-state index is -0.608. The van der Waals surface area contributed by atoms with E-state index >= 15 is 0 Å². The summed E-state index contributed by atoms with van der Waals surface area (Å²) in [5, 5.41) is 24.7. The quantitative estimate of drug-likeness (QED) is 0.642. The summed E-state index contributed by atoms with van der Waals surface area (Å²) in [4.78, 5) is 20.7. The van der Waals surface area contributed by atoms with Crippen molar-refractivity contribution in [2.45, 2.75) is 20.8 Å². The highest BCUT2D eigenvalue weighted by Crippen LogP contribution is 2.35. The lowest BCUT2D eigenvalue weighted by molar-refractivity contribution is -0.392. The third-order valence-electron chi connectivity index (χ3n) is 2.32. The molecule has 7 heteroatoms. The van der Waals surface area contributed by atoms with E-state index in [1.807, 2.05) is 13.8 Å². The van der Waals surface area contributed by atoms with Gasteiger partial charge in [-0.3, -0.25) is 20.2 Å². The van der Waals surface area contributed by atoms with Gasteiger partial charge in [-0.25, -0.2) is 0 Å². The number of hydrogen-bond donors (Lipinski definition) is 1. The summed E-state index contributed by atoms with van der Waals surface area (Å²) in [6, 6.07) is 2.66. The third kappa shape index (κ3) is 3.16. The van der Waals surface area contributed by atoms with Gasteiger partial charge in [0.15, 0.2) is 5.69 Å². The van der Waals surface area contributed by atoms with Gasteiger partial charge in [-0.15, -0.1) is 0 Å². The number of aryl methyl sites for hydroxylation is 1. The molecular formula is C11H15N3O4. The summed E-state index contributed by atoms with van der Waals surface area (Å²) in [5.41, 5.74) is -0.0579. The average molecular weight is 253 g/mol. The molecule has 98 valence electrons. The Labute approximate surface area is 104 Å². The number of anilines is 1. The van der Waals surface area contributed by atoms with E-state index < -0.39 is 9.85 Å². The van der Waals surface area contributed by atoms with E-state index in [2.05, 4.69) is 5.32 Å². The molecule has 0 aromatic heterocycles. The molecule has 0 saturated carbocycles. The number of nitro groups is 2. The van der Waals surface area contributed by atoms with Crippen LogP contribution in [0.4, 0.5) is 17.1 Å². The first-order valence-electron chi connectivity index (χ1n) is 5.50. The van der Waals surface area contributed by atoms with E-state index in [-0.39, 0.29) is 23.0 Å². The summed E-state index contributed by atoms with van der Waals surface area (Å²) < 4.78 is 0. The van der Waals surface area contributed by atoms with E-state index in [0.29, 0.717) is 12.1 Å². The van der Waals surface area contributed by atoms with E-state index in [1.54, 1.807) is 6.92 Å². The zero-order valence-corrected chi connectivity index (χ0v) is 10.5. The molecule has 1 aromatic rings. The predicted octanol–water partition coefficient (Wildman–Crippen LogP) is 2.88. The molecule has 0 unspecified atom stereocenters. The molecule has 0 heterocycles. The molecule has 0 bridgehead atoms. The Morgan fingerprint density at radius 1 is 1.17 bits per heavy atom. The van der Waals surface area contributed by atoms with Crippen molar-refractivity contribution < 1.29 is 9.85 Å². The lowest BCUT2D eigenvalue weighted by Gasteiger charge is -2.10. The molecule has 1 rings (SSSR count). The number of benzene rings is 1.